The van der Waals surface area contributed by atoms with E-state index in [9.17, 15) is 13.2 Å². The quantitative estimate of drug-likeness (QED) is 0.400. The fourth-order valence-corrected chi connectivity index (χ4v) is 4.19. The van der Waals surface area contributed by atoms with Gasteiger partial charge in [-0.1, -0.05) is 27.7 Å². The molecule has 2 aromatic rings. The van der Waals surface area contributed by atoms with Gasteiger partial charge < -0.3 is 9.50 Å². The van der Waals surface area contributed by atoms with Gasteiger partial charge in [0.2, 0.25) is 5.91 Å². The van der Waals surface area contributed by atoms with Crippen LogP contribution in [0.1, 0.15) is 19.4 Å². The Bertz CT molecular complexity index is 1050. The topological polar surface area (TPSA) is 97.2 Å². The zero-order valence-electron chi connectivity index (χ0n) is 14.9. The Morgan fingerprint density at radius 1 is 1.11 bits per heavy atom. The van der Waals surface area contributed by atoms with Crippen LogP contribution in [-0.4, -0.2) is 30.5 Å². The number of benzene rings is 2. The third kappa shape index (κ3) is 5.00. The second kappa shape index (κ2) is 8.06. The summed E-state index contributed by atoms with van der Waals surface area (Å²) in [5.74, 6) is 0.0756. The summed E-state index contributed by atoms with van der Waals surface area (Å²) in [4.78, 5) is 11.7. The molecule has 1 fully saturated rings. The molecular weight excluding hydrogens is 466 g/mol. The van der Waals surface area contributed by atoms with Gasteiger partial charge in [-0.15, -0.1) is 5.10 Å². The summed E-state index contributed by atoms with van der Waals surface area (Å²) >= 11 is 4.56. The van der Waals surface area contributed by atoms with Gasteiger partial charge in [0.05, 0.1) is 11.0 Å². The third-order valence-corrected chi connectivity index (χ3v) is 6.53. The lowest BCUT2D eigenvalue weighted by molar-refractivity contribution is -0.120. The van der Waals surface area contributed by atoms with Crippen LogP contribution in [0.3, 0.4) is 0 Å². The molecule has 7 nitrogen and oxygen atoms in total. The van der Waals surface area contributed by atoms with E-state index < -0.39 is 14.9 Å². The summed E-state index contributed by atoms with van der Waals surface area (Å²) in [6.07, 6.45) is 1.50. The molecule has 3 rings (SSSR count). The van der Waals surface area contributed by atoms with Crippen LogP contribution in [0.2, 0.25) is 0 Å². The maximum absolute atomic E-state index is 12.3. The molecule has 146 valence electrons. The molecule has 1 aliphatic heterocycles. The van der Waals surface area contributed by atoms with Crippen molar-refractivity contribution in [1.82, 2.24) is 5.32 Å². The van der Waals surface area contributed by atoms with Crippen molar-refractivity contribution in [2.75, 3.05) is 0 Å². The van der Waals surface area contributed by atoms with Crippen LogP contribution in [0, 0.1) is 0 Å². The van der Waals surface area contributed by atoms with Crippen molar-refractivity contribution in [1.29, 1.82) is 0 Å². The van der Waals surface area contributed by atoms with Crippen LogP contribution >= 0.6 is 27.7 Å². The molecule has 0 radical (unpaired) electrons. The van der Waals surface area contributed by atoms with Gasteiger partial charge in [-0.3, -0.25) is 4.79 Å². The number of halogens is 1. The number of thioether (sulfide) groups is 1. The van der Waals surface area contributed by atoms with Gasteiger partial charge in [0.25, 0.3) is 0 Å². The molecule has 1 saturated heterocycles. The highest BCUT2D eigenvalue weighted by Gasteiger charge is 2.38. The van der Waals surface area contributed by atoms with Crippen molar-refractivity contribution >= 4 is 55.1 Å². The number of amides is 1. The summed E-state index contributed by atoms with van der Waals surface area (Å²) < 4.78 is 29.9. The minimum Gasteiger partial charge on any atom is -0.379 e. The lowest BCUT2D eigenvalue weighted by Crippen LogP contribution is -2.30. The zero-order valence-corrected chi connectivity index (χ0v) is 18.1. The van der Waals surface area contributed by atoms with Crippen LogP contribution in [0.15, 0.2) is 68.1 Å². The van der Waals surface area contributed by atoms with E-state index in [0.29, 0.717) is 10.7 Å². The summed E-state index contributed by atoms with van der Waals surface area (Å²) in [5.41, 5.74) is 0.700. The number of carbonyl (C=O) groups is 1. The lowest BCUT2D eigenvalue weighted by atomic mass is 10.2. The maximum atomic E-state index is 12.3. The van der Waals surface area contributed by atoms with E-state index in [0.717, 1.165) is 4.47 Å². The molecule has 1 N–H and O–H groups in total. The van der Waals surface area contributed by atoms with Gasteiger partial charge in [-0.25, -0.2) is 0 Å². The number of amidine groups is 1. The van der Waals surface area contributed by atoms with Gasteiger partial charge in [-0.2, -0.15) is 13.5 Å². The zero-order chi connectivity index (χ0) is 20.4. The van der Waals surface area contributed by atoms with E-state index >= 15 is 0 Å². The van der Waals surface area contributed by atoms with Crippen LogP contribution in [0.25, 0.3) is 0 Å². The predicted octanol–water partition coefficient (Wildman–Crippen LogP) is 3.55. The first-order valence-corrected chi connectivity index (χ1v) is 11.1. The highest BCUT2D eigenvalue weighted by molar-refractivity contribution is 9.10. The molecule has 1 aliphatic rings. The predicted molar refractivity (Wildman–Crippen MR) is 113 cm³/mol. The molecule has 0 aliphatic carbocycles. The lowest BCUT2D eigenvalue weighted by Gasteiger charge is -2.08. The van der Waals surface area contributed by atoms with Gasteiger partial charge in [0.1, 0.15) is 10.6 Å². The maximum Gasteiger partial charge on any atom is 0.339 e. The first-order valence-electron chi connectivity index (χ1n) is 8.07. The molecule has 1 amide bonds. The Morgan fingerprint density at radius 2 is 1.75 bits per heavy atom. The van der Waals surface area contributed by atoms with Crippen LogP contribution in [0.5, 0.6) is 5.75 Å². The minimum absolute atomic E-state index is 0.0659. The Hall–Kier alpha value is -2.17. The number of rotatable bonds is 5. The average Bonchev–Trinajstić information content (AvgIpc) is 2.88. The molecule has 0 spiro atoms. The molecule has 0 bridgehead atoms. The standard InChI is InChI=1S/C18H16BrN3O4S2/c1-18(2)16(23)21-17(27-18)22-20-11-12-3-7-14(8-4-12)26-28(24,25)15-9-5-13(19)6-10-15/h3-11H,1-2H3,(H,21,22,23)/b20-11+. The molecule has 0 aromatic heterocycles. The fourth-order valence-electron chi connectivity index (χ4n) is 2.14. The molecule has 0 saturated carbocycles. The number of nitrogens with one attached hydrogen (secondary N) is 1. The first-order chi connectivity index (χ1) is 13.2. The van der Waals surface area contributed by atoms with E-state index in [1.54, 1.807) is 38.1 Å². The van der Waals surface area contributed by atoms with Crippen LogP contribution in [0.4, 0.5) is 0 Å². The second-order valence-electron chi connectivity index (χ2n) is 6.28. The minimum atomic E-state index is -3.91. The summed E-state index contributed by atoms with van der Waals surface area (Å²) in [5, 5.41) is 11.0. The van der Waals surface area contributed by atoms with Crippen LogP contribution in [-0.2, 0) is 14.9 Å². The highest BCUT2D eigenvalue weighted by Crippen LogP contribution is 2.30. The SMILES string of the molecule is CC1(C)S/C(=N\N=C\c2ccc(OS(=O)(=O)c3ccc(Br)cc3)cc2)NC1=O. The third-order valence-electron chi connectivity index (χ3n) is 3.66. The Kier molecular flexibility index (Phi) is 5.92. The second-order valence-corrected chi connectivity index (χ2v) is 10.4. The first kappa shape index (κ1) is 20.6. The Labute approximate surface area is 175 Å². The fraction of sp³-hybridized carbons (Fsp3) is 0.167. The number of carbonyl (C=O) groups excluding carboxylic acids is 1. The van der Waals surface area contributed by atoms with E-state index in [-0.39, 0.29) is 16.6 Å². The average molecular weight is 482 g/mol. The van der Waals surface area contributed by atoms with Crippen molar-refractivity contribution < 1.29 is 17.4 Å². The van der Waals surface area contributed by atoms with Gasteiger partial charge >= 0.3 is 10.1 Å². The van der Waals surface area contributed by atoms with E-state index in [1.807, 2.05) is 0 Å². The number of hydrogen-bond acceptors (Lipinski definition) is 7. The summed E-state index contributed by atoms with van der Waals surface area (Å²) in [6.45, 7) is 3.61. The Balaban J connectivity index is 1.65. The molecular formula is C18H16BrN3O4S2. The van der Waals surface area contributed by atoms with Gasteiger partial charge in [0.15, 0.2) is 5.17 Å². The number of hydrogen-bond donors (Lipinski definition) is 1. The van der Waals surface area contributed by atoms with Crippen molar-refractivity contribution in [3.05, 3.63) is 58.6 Å². The molecule has 2 aromatic carbocycles. The van der Waals surface area contributed by atoms with E-state index in [4.69, 9.17) is 4.18 Å². The van der Waals surface area contributed by atoms with Crippen molar-refractivity contribution in [2.24, 2.45) is 10.2 Å². The van der Waals surface area contributed by atoms with Crippen molar-refractivity contribution in [3.8, 4) is 5.75 Å². The van der Waals surface area contributed by atoms with Crippen molar-refractivity contribution in [2.45, 2.75) is 23.5 Å². The van der Waals surface area contributed by atoms with E-state index in [2.05, 4.69) is 31.4 Å². The normalized spacial score (nSPS) is 17.8. The van der Waals surface area contributed by atoms with Crippen LogP contribution < -0.4 is 9.50 Å². The Morgan fingerprint density at radius 3 is 2.32 bits per heavy atom. The smallest absolute Gasteiger partial charge is 0.339 e. The molecule has 10 heteroatoms. The van der Waals surface area contributed by atoms with Crippen molar-refractivity contribution in [3.63, 3.8) is 0 Å². The molecule has 1 heterocycles. The highest BCUT2D eigenvalue weighted by atomic mass is 79.9. The monoisotopic (exact) mass is 481 g/mol. The number of nitrogens with zero attached hydrogens (tertiary/aromatic N) is 2. The molecule has 0 unspecified atom stereocenters. The molecule has 0 atom stereocenters. The molecule has 28 heavy (non-hydrogen) atoms. The van der Waals surface area contributed by atoms with Gasteiger partial charge in [0, 0.05) is 4.47 Å². The van der Waals surface area contributed by atoms with E-state index in [1.165, 1.54) is 42.2 Å². The summed E-state index contributed by atoms with van der Waals surface area (Å²) in [6, 6.07) is 12.5. The summed E-state index contributed by atoms with van der Waals surface area (Å²) in [7, 11) is -3.91. The largest absolute Gasteiger partial charge is 0.379 e. The van der Waals surface area contributed by atoms with Gasteiger partial charge in [-0.05, 0) is 67.9 Å².